The minimum atomic E-state index is 0.127. The first-order valence-electron chi connectivity index (χ1n) is 7.73. The Morgan fingerprint density at radius 2 is 2.14 bits per heavy atom. The van der Waals surface area contributed by atoms with E-state index in [1.165, 1.54) is 0 Å². The molecule has 0 unspecified atom stereocenters. The van der Waals surface area contributed by atoms with Gasteiger partial charge in [-0.25, -0.2) is 4.68 Å². The first kappa shape index (κ1) is 14.8. The van der Waals surface area contributed by atoms with Crippen LogP contribution in [0.3, 0.4) is 0 Å². The number of likely N-dealkylation sites (tertiary alicyclic amines) is 1. The van der Waals surface area contributed by atoms with Gasteiger partial charge in [-0.05, 0) is 62.7 Å². The van der Waals surface area contributed by atoms with Gasteiger partial charge in [0.15, 0.2) is 0 Å². The summed E-state index contributed by atoms with van der Waals surface area (Å²) in [5.74, 6) is 0.696. The van der Waals surface area contributed by atoms with Crippen LogP contribution in [0.5, 0.6) is 0 Å². The molecule has 1 atom stereocenters. The lowest BCUT2D eigenvalue weighted by Crippen LogP contribution is -2.30. The number of benzene rings is 1. The molecule has 0 aliphatic carbocycles. The number of nitrogens with one attached hydrogen (secondary N) is 1. The molecule has 0 bridgehead atoms. The van der Waals surface area contributed by atoms with Crippen molar-refractivity contribution in [1.82, 2.24) is 20.0 Å². The standard InChI is InChI=1S/C17H22N4O/c1-13-9-19-21(11-13)16-5-3-15(4-6-16)17(22)20-8-7-14(12-20)10-18-2/h3-6,9,11,14,18H,7-8,10,12H2,1-2H3/t14-/m0/s1. The maximum Gasteiger partial charge on any atom is 0.253 e. The number of hydrogen-bond acceptors (Lipinski definition) is 3. The minimum absolute atomic E-state index is 0.127. The van der Waals surface area contributed by atoms with Crippen LogP contribution in [0.2, 0.25) is 0 Å². The Kier molecular flexibility index (Phi) is 4.24. The fraction of sp³-hybridized carbons (Fsp3) is 0.412. The molecule has 2 aromatic rings. The highest BCUT2D eigenvalue weighted by Crippen LogP contribution is 2.19. The summed E-state index contributed by atoms with van der Waals surface area (Å²) in [6.07, 6.45) is 4.88. The highest BCUT2D eigenvalue weighted by atomic mass is 16.2. The van der Waals surface area contributed by atoms with E-state index in [1.807, 2.05) is 60.2 Å². The Hall–Kier alpha value is -2.14. The number of aromatic nitrogens is 2. The lowest BCUT2D eigenvalue weighted by molar-refractivity contribution is 0.0787. The summed E-state index contributed by atoms with van der Waals surface area (Å²) in [5, 5.41) is 7.47. The van der Waals surface area contributed by atoms with Crippen molar-refractivity contribution in [3.05, 3.63) is 47.8 Å². The van der Waals surface area contributed by atoms with Crippen LogP contribution >= 0.6 is 0 Å². The third kappa shape index (κ3) is 3.04. The first-order valence-corrected chi connectivity index (χ1v) is 7.73. The summed E-state index contributed by atoms with van der Waals surface area (Å²) in [7, 11) is 1.96. The van der Waals surface area contributed by atoms with E-state index in [0.717, 1.165) is 42.9 Å². The SMILES string of the molecule is CNC[C@@H]1CCN(C(=O)c2ccc(-n3cc(C)cn3)cc2)C1. The smallest absolute Gasteiger partial charge is 0.253 e. The van der Waals surface area contributed by atoms with Gasteiger partial charge in [-0.2, -0.15) is 5.10 Å². The molecule has 0 spiro atoms. The van der Waals surface area contributed by atoms with Gasteiger partial charge in [-0.15, -0.1) is 0 Å². The van der Waals surface area contributed by atoms with Crippen LogP contribution in [0.1, 0.15) is 22.3 Å². The van der Waals surface area contributed by atoms with Crippen LogP contribution in [0.4, 0.5) is 0 Å². The summed E-state index contributed by atoms with van der Waals surface area (Å²) in [5.41, 5.74) is 2.84. The summed E-state index contributed by atoms with van der Waals surface area (Å²) in [4.78, 5) is 14.5. The zero-order valence-electron chi connectivity index (χ0n) is 13.1. The maximum absolute atomic E-state index is 12.5. The van der Waals surface area contributed by atoms with E-state index in [-0.39, 0.29) is 5.91 Å². The van der Waals surface area contributed by atoms with Crippen molar-refractivity contribution >= 4 is 5.91 Å². The fourth-order valence-electron chi connectivity index (χ4n) is 2.97. The van der Waals surface area contributed by atoms with Gasteiger partial charge in [0.05, 0.1) is 11.9 Å². The van der Waals surface area contributed by atoms with E-state index in [9.17, 15) is 4.79 Å². The Morgan fingerprint density at radius 3 is 2.77 bits per heavy atom. The van der Waals surface area contributed by atoms with Crippen molar-refractivity contribution in [2.45, 2.75) is 13.3 Å². The van der Waals surface area contributed by atoms with Gasteiger partial charge in [0, 0.05) is 24.8 Å². The van der Waals surface area contributed by atoms with E-state index in [0.29, 0.717) is 5.92 Å². The average Bonchev–Trinajstić information content (AvgIpc) is 3.16. The summed E-state index contributed by atoms with van der Waals surface area (Å²) in [6.45, 7) is 4.68. The predicted octanol–water partition coefficient (Wildman–Crippen LogP) is 1.86. The van der Waals surface area contributed by atoms with Crippen molar-refractivity contribution in [3.63, 3.8) is 0 Å². The molecule has 1 saturated heterocycles. The normalized spacial score (nSPS) is 17.9. The highest BCUT2D eigenvalue weighted by molar-refractivity contribution is 5.94. The molecule has 5 nitrogen and oxygen atoms in total. The van der Waals surface area contributed by atoms with Crippen molar-refractivity contribution < 1.29 is 4.79 Å². The summed E-state index contributed by atoms with van der Waals surface area (Å²) in [6, 6.07) is 7.67. The molecular weight excluding hydrogens is 276 g/mol. The number of nitrogens with zero attached hydrogens (tertiary/aromatic N) is 3. The van der Waals surface area contributed by atoms with Crippen molar-refractivity contribution in [2.24, 2.45) is 5.92 Å². The summed E-state index contributed by atoms with van der Waals surface area (Å²) < 4.78 is 1.82. The van der Waals surface area contributed by atoms with Crippen molar-refractivity contribution in [3.8, 4) is 5.69 Å². The fourth-order valence-corrected chi connectivity index (χ4v) is 2.97. The zero-order chi connectivity index (χ0) is 15.5. The number of carbonyl (C=O) groups is 1. The van der Waals surface area contributed by atoms with Crippen LogP contribution < -0.4 is 5.32 Å². The minimum Gasteiger partial charge on any atom is -0.338 e. The highest BCUT2D eigenvalue weighted by Gasteiger charge is 2.26. The number of rotatable bonds is 4. The average molecular weight is 298 g/mol. The van der Waals surface area contributed by atoms with Crippen LogP contribution in [0.25, 0.3) is 5.69 Å². The van der Waals surface area contributed by atoms with Gasteiger partial charge in [-0.1, -0.05) is 0 Å². The van der Waals surface area contributed by atoms with Gasteiger partial charge in [-0.3, -0.25) is 4.79 Å². The first-order chi connectivity index (χ1) is 10.7. The Labute approximate surface area is 130 Å². The quantitative estimate of drug-likeness (QED) is 0.937. The molecule has 1 aromatic carbocycles. The van der Waals surface area contributed by atoms with Gasteiger partial charge in [0.25, 0.3) is 5.91 Å². The van der Waals surface area contributed by atoms with E-state index < -0.39 is 0 Å². The lowest BCUT2D eigenvalue weighted by atomic mass is 10.1. The van der Waals surface area contributed by atoms with E-state index in [1.54, 1.807) is 0 Å². The second-order valence-electron chi connectivity index (χ2n) is 5.97. The molecule has 5 heteroatoms. The Balaban J connectivity index is 1.69. The Bertz CT molecular complexity index is 647. The number of hydrogen-bond donors (Lipinski definition) is 1. The molecule has 2 heterocycles. The lowest BCUT2D eigenvalue weighted by Gasteiger charge is -2.16. The number of aryl methyl sites for hydroxylation is 1. The van der Waals surface area contributed by atoms with Crippen LogP contribution in [0, 0.1) is 12.8 Å². The second-order valence-corrected chi connectivity index (χ2v) is 5.97. The van der Waals surface area contributed by atoms with Crippen LogP contribution in [-0.2, 0) is 0 Å². The molecule has 1 aliphatic heterocycles. The monoisotopic (exact) mass is 298 g/mol. The van der Waals surface area contributed by atoms with E-state index in [4.69, 9.17) is 0 Å². The molecular formula is C17H22N4O. The predicted molar refractivity (Wildman–Crippen MR) is 86.2 cm³/mol. The van der Waals surface area contributed by atoms with Gasteiger partial charge in [0.2, 0.25) is 0 Å². The topological polar surface area (TPSA) is 50.2 Å². The van der Waals surface area contributed by atoms with Crippen LogP contribution in [0.15, 0.2) is 36.7 Å². The third-order valence-electron chi connectivity index (χ3n) is 4.16. The van der Waals surface area contributed by atoms with Gasteiger partial charge in [0.1, 0.15) is 0 Å². The maximum atomic E-state index is 12.5. The molecule has 1 aliphatic rings. The molecule has 1 aromatic heterocycles. The molecule has 116 valence electrons. The molecule has 1 N–H and O–H groups in total. The number of amides is 1. The van der Waals surface area contributed by atoms with Crippen molar-refractivity contribution in [1.29, 1.82) is 0 Å². The molecule has 0 saturated carbocycles. The third-order valence-corrected chi connectivity index (χ3v) is 4.16. The molecule has 0 radical (unpaired) electrons. The van der Waals surface area contributed by atoms with E-state index >= 15 is 0 Å². The molecule has 22 heavy (non-hydrogen) atoms. The van der Waals surface area contributed by atoms with Gasteiger partial charge < -0.3 is 10.2 Å². The van der Waals surface area contributed by atoms with Gasteiger partial charge >= 0.3 is 0 Å². The molecule has 1 fully saturated rings. The number of carbonyl (C=O) groups excluding carboxylic acids is 1. The zero-order valence-corrected chi connectivity index (χ0v) is 13.1. The van der Waals surface area contributed by atoms with Crippen LogP contribution in [-0.4, -0.2) is 47.3 Å². The second kappa shape index (κ2) is 6.32. The van der Waals surface area contributed by atoms with Crippen molar-refractivity contribution in [2.75, 3.05) is 26.7 Å². The Morgan fingerprint density at radius 1 is 1.36 bits per heavy atom. The largest absolute Gasteiger partial charge is 0.338 e. The van der Waals surface area contributed by atoms with E-state index in [2.05, 4.69) is 10.4 Å². The molecule has 1 amide bonds. The summed E-state index contributed by atoms with van der Waals surface area (Å²) >= 11 is 0. The molecule has 3 rings (SSSR count).